The molecule has 0 spiro atoms. The summed E-state index contributed by atoms with van der Waals surface area (Å²) >= 11 is 5.80. The fraction of sp³-hybridized carbons (Fsp3) is 0.364. The molecule has 4 atom stereocenters. The summed E-state index contributed by atoms with van der Waals surface area (Å²) in [4.78, 5) is 0. The van der Waals surface area contributed by atoms with Crippen LogP contribution in [-0.4, -0.2) is 61.4 Å². The van der Waals surface area contributed by atoms with Gasteiger partial charge in [0.1, 0.15) is 0 Å². The van der Waals surface area contributed by atoms with Gasteiger partial charge in [0, 0.05) is 21.0 Å². The van der Waals surface area contributed by atoms with Crippen molar-refractivity contribution in [3.05, 3.63) is 60.7 Å². The van der Waals surface area contributed by atoms with E-state index in [1.54, 1.807) is 0 Å². The molecule has 0 aliphatic carbocycles. The van der Waals surface area contributed by atoms with Crippen molar-refractivity contribution >= 4 is 35.3 Å². The number of nitrogens with zero attached hydrogens (tertiary/aromatic N) is 8. The van der Waals surface area contributed by atoms with Gasteiger partial charge in [-0.15, -0.1) is 10.2 Å². The van der Waals surface area contributed by atoms with Gasteiger partial charge in [0.15, 0.2) is 0 Å². The molecule has 6 rings (SSSR count). The number of para-hydroxylation sites is 2. The highest BCUT2D eigenvalue weighted by atomic mass is 32.2. The van der Waals surface area contributed by atoms with Crippen LogP contribution in [0.25, 0.3) is 11.4 Å². The second-order valence-electron chi connectivity index (χ2n) is 8.10. The Morgan fingerprint density at radius 2 is 1.09 bits per heavy atom. The lowest BCUT2D eigenvalue weighted by Crippen LogP contribution is -2.39. The zero-order valence-corrected chi connectivity index (χ0v) is 20.2. The fourth-order valence-electron chi connectivity index (χ4n) is 4.44. The highest BCUT2D eigenvalue weighted by molar-refractivity contribution is 8.06. The van der Waals surface area contributed by atoms with Crippen LogP contribution in [0.5, 0.6) is 0 Å². The Kier molecular flexibility index (Phi) is 6.08. The first-order chi connectivity index (χ1) is 16.3. The van der Waals surface area contributed by atoms with E-state index >= 15 is 0 Å². The van der Waals surface area contributed by atoms with Gasteiger partial charge >= 0.3 is 0 Å². The van der Waals surface area contributed by atoms with E-state index in [1.807, 2.05) is 93.6 Å². The molecular weight excluding hydrogens is 472 g/mol. The Bertz CT molecular complexity index is 1100. The number of fused-ring (bicyclic) bond motifs is 2. The Balaban J connectivity index is 1.12. The summed E-state index contributed by atoms with van der Waals surface area (Å²) in [5, 5.41) is 29.0. The third-order valence-electron chi connectivity index (χ3n) is 6.05. The van der Waals surface area contributed by atoms with Crippen molar-refractivity contribution in [3.63, 3.8) is 0 Å². The minimum absolute atomic E-state index is 0.528. The second-order valence-corrected chi connectivity index (χ2v) is 12.0. The van der Waals surface area contributed by atoms with E-state index in [1.165, 1.54) is 25.7 Å². The topological polar surface area (TPSA) is 87.2 Å². The summed E-state index contributed by atoms with van der Waals surface area (Å²) in [5.41, 5.74) is 2.00. The molecule has 11 heteroatoms. The van der Waals surface area contributed by atoms with Gasteiger partial charge < -0.3 is 0 Å². The normalized spacial score (nSPS) is 24.6. The number of rotatable bonds is 6. The van der Waals surface area contributed by atoms with Crippen molar-refractivity contribution in [2.24, 2.45) is 0 Å². The van der Waals surface area contributed by atoms with Crippen LogP contribution in [0.3, 0.4) is 0 Å². The maximum absolute atomic E-state index is 4.32. The van der Waals surface area contributed by atoms with E-state index in [0.717, 1.165) is 21.7 Å². The van der Waals surface area contributed by atoms with E-state index in [2.05, 4.69) is 42.8 Å². The highest BCUT2D eigenvalue weighted by Crippen LogP contribution is 2.50. The van der Waals surface area contributed by atoms with Gasteiger partial charge in [-0.3, -0.25) is 0 Å². The number of thioether (sulfide) groups is 3. The van der Waals surface area contributed by atoms with E-state index in [-0.39, 0.29) is 0 Å². The van der Waals surface area contributed by atoms with Gasteiger partial charge in [0.05, 0.1) is 11.4 Å². The molecule has 33 heavy (non-hydrogen) atoms. The minimum Gasteiger partial charge on any atom is -0.188 e. The first kappa shape index (κ1) is 21.2. The molecule has 4 unspecified atom stereocenters. The van der Waals surface area contributed by atoms with Crippen molar-refractivity contribution < 1.29 is 0 Å². The first-order valence-electron chi connectivity index (χ1n) is 11.0. The molecule has 2 aromatic heterocycles. The summed E-state index contributed by atoms with van der Waals surface area (Å²) in [6.07, 6.45) is 4.73. The Hall–Kier alpha value is -2.37. The van der Waals surface area contributed by atoms with Gasteiger partial charge in [0.2, 0.25) is 10.3 Å². The molecule has 4 aromatic rings. The number of tetrazole rings is 2. The molecular formula is C22H22N8S3. The molecule has 0 radical (unpaired) electrons. The Labute approximate surface area is 204 Å². The number of hydrogen-bond acceptors (Lipinski definition) is 9. The summed E-state index contributed by atoms with van der Waals surface area (Å²) in [5.74, 6) is 0. The summed E-state index contributed by atoms with van der Waals surface area (Å²) < 4.78 is 3.71. The van der Waals surface area contributed by atoms with Crippen molar-refractivity contribution in [1.82, 2.24) is 40.4 Å². The van der Waals surface area contributed by atoms with E-state index in [0.29, 0.717) is 21.0 Å². The van der Waals surface area contributed by atoms with E-state index in [4.69, 9.17) is 0 Å². The smallest absolute Gasteiger partial charge is 0.188 e. The lowest BCUT2D eigenvalue weighted by Gasteiger charge is -2.43. The first-order valence-corrected chi connectivity index (χ1v) is 13.7. The van der Waals surface area contributed by atoms with Gasteiger partial charge in [0.25, 0.3) is 0 Å². The molecule has 168 valence electrons. The standard InChI is InChI=1S/C22H22N8S3/c1-3-7-15(8-4-1)29-21(23-25-27-29)32-19-13-11-18-20(14-12-17(19)31-18)33-22-24-26-28-30(22)16-9-5-2-6-10-16/h1-10,17-20H,11-14H2. The lowest BCUT2D eigenvalue weighted by molar-refractivity contribution is 0.506. The lowest BCUT2D eigenvalue weighted by atomic mass is 9.98. The summed E-state index contributed by atoms with van der Waals surface area (Å²) in [6, 6.07) is 20.2. The van der Waals surface area contributed by atoms with Gasteiger partial charge in [-0.1, -0.05) is 59.9 Å². The van der Waals surface area contributed by atoms with Crippen LogP contribution in [0.2, 0.25) is 0 Å². The Morgan fingerprint density at radius 1 is 0.636 bits per heavy atom. The van der Waals surface area contributed by atoms with Crippen molar-refractivity contribution in [2.45, 2.75) is 57.0 Å². The third-order valence-corrected chi connectivity index (χ3v) is 10.9. The largest absolute Gasteiger partial charge is 0.214 e. The molecule has 2 saturated heterocycles. The summed E-state index contributed by atoms with van der Waals surface area (Å²) in [6.45, 7) is 0. The van der Waals surface area contributed by atoms with Crippen LogP contribution >= 0.6 is 35.3 Å². The van der Waals surface area contributed by atoms with Crippen LogP contribution in [0, 0.1) is 0 Å². The molecule has 2 aromatic carbocycles. The fourth-order valence-corrected chi connectivity index (χ4v) is 9.05. The maximum atomic E-state index is 4.32. The quantitative estimate of drug-likeness (QED) is 0.389. The third kappa shape index (κ3) is 4.41. The molecule has 2 aliphatic rings. The predicted octanol–water partition coefficient (Wildman–Crippen LogP) is 4.32. The van der Waals surface area contributed by atoms with E-state index < -0.39 is 0 Å². The highest BCUT2D eigenvalue weighted by Gasteiger charge is 2.41. The molecule has 2 bridgehead atoms. The maximum Gasteiger partial charge on any atom is 0.214 e. The number of hydrogen-bond donors (Lipinski definition) is 0. The molecule has 2 aliphatic heterocycles. The predicted molar refractivity (Wildman–Crippen MR) is 131 cm³/mol. The zero-order valence-electron chi connectivity index (χ0n) is 17.7. The monoisotopic (exact) mass is 494 g/mol. The molecule has 0 amide bonds. The molecule has 8 nitrogen and oxygen atoms in total. The zero-order chi connectivity index (χ0) is 22.0. The minimum atomic E-state index is 0.528. The van der Waals surface area contributed by atoms with Crippen LogP contribution in [0.1, 0.15) is 25.7 Å². The van der Waals surface area contributed by atoms with Crippen LogP contribution in [0.4, 0.5) is 0 Å². The van der Waals surface area contributed by atoms with Gasteiger partial charge in [-0.05, 0) is 70.8 Å². The number of aromatic nitrogens is 8. The average Bonchev–Trinajstić information content (AvgIpc) is 3.53. The van der Waals surface area contributed by atoms with Gasteiger partial charge in [-0.2, -0.15) is 21.1 Å². The van der Waals surface area contributed by atoms with Crippen molar-refractivity contribution in [3.8, 4) is 11.4 Å². The summed E-state index contributed by atoms with van der Waals surface area (Å²) in [7, 11) is 0. The molecule has 2 fully saturated rings. The van der Waals surface area contributed by atoms with Crippen LogP contribution in [-0.2, 0) is 0 Å². The second kappa shape index (κ2) is 9.47. The van der Waals surface area contributed by atoms with Gasteiger partial charge in [-0.25, -0.2) is 0 Å². The van der Waals surface area contributed by atoms with Crippen molar-refractivity contribution in [2.75, 3.05) is 0 Å². The van der Waals surface area contributed by atoms with Crippen molar-refractivity contribution in [1.29, 1.82) is 0 Å². The molecule has 4 heterocycles. The SMILES string of the molecule is c1ccc(-n2nnnc2SC2CCC3SC2CCC3Sc2nnnn2-c2ccccc2)cc1. The average molecular weight is 495 g/mol. The Morgan fingerprint density at radius 3 is 1.55 bits per heavy atom. The van der Waals surface area contributed by atoms with Crippen LogP contribution < -0.4 is 0 Å². The molecule has 0 N–H and O–H groups in total. The number of benzene rings is 2. The van der Waals surface area contributed by atoms with Crippen LogP contribution in [0.15, 0.2) is 71.0 Å². The van der Waals surface area contributed by atoms with E-state index in [9.17, 15) is 0 Å². The molecule has 0 saturated carbocycles.